The van der Waals surface area contributed by atoms with Gasteiger partial charge < -0.3 is 9.64 Å². The minimum absolute atomic E-state index is 0.493. The Balaban J connectivity index is 1.60. The summed E-state index contributed by atoms with van der Waals surface area (Å²) in [4.78, 5) is 4.10. The van der Waals surface area contributed by atoms with E-state index in [1.165, 1.54) is 53.9 Å². The summed E-state index contributed by atoms with van der Waals surface area (Å²) < 4.78 is 5.33. The third-order valence-corrected chi connectivity index (χ3v) is 7.17. The molecule has 0 radical (unpaired) electrons. The lowest BCUT2D eigenvalue weighted by Gasteiger charge is -2.31. The molecule has 0 fully saturated rings. The molecule has 0 N–H and O–H groups in total. The molecule has 0 saturated heterocycles. The van der Waals surface area contributed by atoms with Crippen molar-refractivity contribution in [1.29, 1.82) is 0 Å². The maximum Gasteiger partial charge on any atom is 0.118 e. The minimum Gasteiger partial charge on any atom is -0.497 e. The maximum absolute atomic E-state index is 5.33. The molecule has 0 bridgehead atoms. The highest BCUT2D eigenvalue weighted by atomic mass is 32.2. The second-order valence-electron chi connectivity index (χ2n) is 7.69. The molecule has 3 heteroatoms. The summed E-state index contributed by atoms with van der Waals surface area (Å²) in [5, 5.41) is 0.493. The lowest BCUT2D eigenvalue weighted by molar-refractivity contribution is 0.414. The number of aryl methyl sites for hydroxylation is 1. The summed E-state index contributed by atoms with van der Waals surface area (Å²) in [5.41, 5.74) is 4.27. The van der Waals surface area contributed by atoms with Crippen molar-refractivity contribution >= 4 is 17.4 Å². The number of allylic oxidation sites excluding steroid dienone is 2. The van der Waals surface area contributed by atoms with Crippen LogP contribution in [-0.2, 0) is 0 Å². The molecule has 0 aromatic heterocycles. The number of methoxy groups -OCH3 is 1. The average Bonchev–Trinajstić information content (AvgIpc) is 2.89. The van der Waals surface area contributed by atoms with Gasteiger partial charge in [-0.2, -0.15) is 0 Å². The van der Waals surface area contributed by atoms with Gasteiger partial charge in [0.25, 0.3) is 0 Å². The average molecular weight is 380 g/mol. The zero-order valence-electron chi connectivity index (χ0n) is 16.4. The molecule has 0 spiro atoms. The highest BCUT2D eigenvalue weighted by Gasteiger charge is 2.26. The summed E-state index contributed by atoms with van der Waals surface area (Å²) in [6.45, 7) is 4.57. The van der Waals surface area contributed by atoms with Crippen LogP contribution in [0.25, 0.3) is 0 Å². The highest BCUT2D eigenvalue weighted by molar-refractivity contribution is 7.99. The topological polar surface area (TPSA) is 12.5 Å². The SMILES string of the molecule is COc1ccc(C2CCN(CC3CC=CCC3)c3c(C)cccc3S2)cc1. The van der Waals surface area contributed by atoms with Crippen molar-refractivity contribution < 1.29 is 4.74 Å². The van der Waals surface area contributed by atoms with Gasteiger partial charge in [-0.05, 0) is 67.9 Å². The first-order valence-electron chi connectivity index (χ1n) is 10.0. The molecule has 142 valence electrons. The van der Waals surface area contributed by atoms with Crippen molar-refractivity contribution in [1.82, 2.24) is 0 Å². The van der Waals surface area contributed by atoms with E-state index in [4.69, 9.17) is 4.74 Å². The summed E-state index contributed by atoms with van der Waals surface area (Å²) in [6, 6.07) is 15.4. The van der Waals surface area contributed by atoms with E-state index in [0.717, 1.165) is 18.2 Å². The normalized spacial score (nSPS) is 22.2. The van der Waals surface area contributed by atoms with Crippen LogP contribution in [0, 0.1) is 12.8 Å². The van der Waals surface area contributed by atoms with E-state index in [1.807, 2.05) is 11.8 Å². The predicted octanol–water partition coefficient (Wildman–Crippen LogP) is 6.40. The number of anilines is 1. The molecule has 2 nitrogen and oxygen atoms in total. The third kappa shape index (κ3) is 4.19. The van der Waals surface area contributed by atoms with Gasteiger partial charge in [-0.15, -0.1) is 11.8 Å². The van der Waals surface area contributed by atoms with E-state index in [0.29, 0.717) is 5.25 Å². The predicted molar refractivity (Wildman–Crippen MR) is 116 cm³/mol. The molecule has 0 amide bonds. The Labute approximate surface area is 167 Å². The van der Waals surface area contributed by atoms with E-state index >= 15 is 0 Å². The van der Waals surface area contributed by atoms with Crippen molar-refractivity contribution in [2.45, 2.75) is 42.8 Å². The van der Waals surface area contributed by atoms with Crippen LogP contribution in [0.3, 0.4) is 0 Å². The first-order valence-corrected chi connectivity index (χ1v) is 10.9. The van der Waals surface area contributed by atoms with Crippen molar-refractivity contribution in [2.24, 2.45) is 5.92 Å². The third-order valence-electron chi connectivity index (χ3n) is 5.79. The molecule has 2 aromatic rings. The summed E-state index contributed by atoms with van der Waals surface area (Å²) in [5.74, 6) is 1.71. The summed E-state index contributed by atoms with van der Waals surface area (Å²) >= 11 is 2.03. The lowest BCUT2D eigenvalue weighted by atomic mass is 9.93. The Morgan fingerprint density at radius 1 is 1.07 bits per heavy atom. The Morgan fingerprint density at radius 3 is 2.67 bits per heavy atom. The second kappa shape index (κ2) is 8.43. The number of thioether (sulfide) groups is 1. The smallest absolute Gasteiger partial charge is 0.118 e. The number of benzene rings is 2. The van der Waals surface area contributed by atoms with Crippen LogP contribution in [-0.4, -0.2) is 20.2 Å². The van der Waals surface area contributed by atoms with Gasteiger partial charge in [0.15, 0.2) is 0 Å². The second-order valence-corrected chi connectivity index (χ2v) is 8.93. The quantitative estimate of drug-likeness (QED) is 0.570. The Morgan fingerprint density at radius 2 is 1.93 bits per heavy atom. The fourth-order valence-corrected chi connectivity index (χ4v) is 5.68. The van der Waals surface area contributed by atoms with Crippen LogP contribution in [0.4, 0.5) is 5.69 Å². The highest BCUT2D eigenvalue weighted by Crippen LogP contribution is 2.46. The van der Waals surface area contributed by atoms with Crippen LogP contribution in [0.2, 0.25) is 0 Å². The van der Waals surface area contributed by atoms with Crippen LogP contribution >= 0.6 is 11.8 Å². The number of hydrogen-bond acceptors (Lipinski definition) is 3. The number of hydrogen-bond donors (Lipinski definition) is 0. The number of rotatable bonds is 4. The van der Waals surface area contributed by atoms with Gasteiger partial charge in [-0.3, -0.25) is 0 Å². The van der Waals surface area contributed by atoms with Gasteiger partial charge in [0.1, 0.15) is 5.75 Å². The number of nitrogens with zero attached hydrogens (tertiary/aromatic N) is 1. The molecule has 27 heavy (non-hydrogen) atoms. The molecule has 0 saturated carbocycles. The molecule has 2 aromatic carbocycles. The minimum atomic E-state index is 0.493. The Bertz CT molecular complexity index is 799. The molecular weight excluding hydrogens is 350 g/mol. The zero-order valence-corrected chi connectivity index (χ0v) is 17.2. The monoisotopic (exact) mass is 379 g/mol. The van der Waals surface area contributed by atoms with Gasteiger partial charge >= 0.3 is 0 Å². The zero-order chi connectivity index (χ0) is 18.6. The van der Waals surface area contributed by atoms with Crippen molar-refractivity contribution in [3.63, 3.8) is 0 Å². The Hall–Kier alpha value is -1.87. The molecule has 2 aliphatic rings. The van der Waals surface area contributed by atoms with Crippen molar-refractivity contribution in [3.8, 4) is 5.75 Å². The van der Waals surface area contributed by atoms with E-state index in [-0.39, 0.29) is 0 Å². The molecule has 2 unspecified atom stereocenters. The van der Waals surface area contributed by atoms with Gasteiger partial charge in [0.2, 0.25) is 0 Å². The van der Waals surface area contributed by atoms with Gasteiger partial charge in [0.05, 0.1) is 12.8 Å². The first kappa shape index (κ1) is 18.5. The van der Waals surface area contributed by atoms with E-state index in [9.17, 15) is 0 Å². The maximum atomic E-state index is 5.33. The van der Waals surface area contributed by atoms with Crippen molar-refractivity contribution in [3.05, 3.63) is 65.7 Å². The van der Waals surface area contributed by atoms with Crippen LogP contribution in [0.1, 0.15) is 42.1 Å². The molecule has 1 aliphatic carbocycles. The first-order chi connectivity index (χ1) is 13.2. The number of fused-ring (bicyclic) bond motifs is 1. The largest absolute Gasteiger partial charge is 0.497 e. The van der Waals surface area contributed by atoms with Crippen LogP contribution in [0.15, 0.2) is 59.5 Å². The molecular formula is C24H29NOS. The van der Waals surface area contributed by atoms with Gasteiger partial charge in [-0.25, -0.2) is 0 Å². The van der Waals surface area contributed by atoms with Crippen LogP contribution in [0.5, 0.6) is 5.75 Å². The molecule has 4 rings (SSSR count). The summed E-state index contributed by atoms with van der Waals surface area (Å²) in [7, 11) is 1.73. The van der Waals surface area contributed by atoms with Gasteiger partial charge in [-0.1, -0.05) is 36.4 Å². The van der Waals surface area contributed by atoms with E-state index in [2.05, 4.69) is 66.4 Å². The lowest BCUT2D eigenvalue weighted by Crippen LogP contribution is -2.31. The van der Waals surface area contributed by atoms with Crippen molar-refractivity contribution in [2.75, 3.05) is 25.1 Å². The van der Waals surface area contributed by atoms with Crippen LogP contribution < -0.4 is 9.64 Å². The van der Waals surface area contributed by atoms with Gasteiger partial charge in [0, 0.05) is 23.2 Å². The fourth-order valence-electron chi connectivity index (χ4n) is 4.30. The van der Waals surface area contributed by atoms with E-state index in [1.54, 1.807) is 7.11 Å². The molecule has 1 heterocycles. The number of ether oxygens (including phenoxy) is 1. The Kier molecular flexibility index (Phi) is 5.77. The molecule has 2 atom stereocenters. The van der Waals surface area contributed by atoms with E-state index < -0.39 is 0 Å². The standard InChI is InChI=1S/C24H29NOS/c1-18-7-6-10-23-24(18)25(17-19-8-4-3-5-9-19)16-15-22(27-23)20-11-13-21(26-2)14-12-20/h3-4,6-7,10-14,19,22H,5,8-9,15-17H2,1-2H3. The number of para-hydroxylation sites is 1. The fraction of sp³-hybridized carbons (Fsp3) is 0.417. The summed E-state index contributed by atoms with van der Waals surface area (Å²) in [6.07, 6.45) is 9.68. The molecule has 1 aliphatic heterocycles.